The van der Waals surface area contributed by atoms with Crippen LogP contribution in [0.1, 0.15) is 19.3 Å². The highest BCUT2D eigenvalue weighted by Gasteiger charge is 2.34. The molecule has 1 aromatic carbocycles. The van der Waals surface area contributed by atoms with E-state index in [2.05, 4.69) is 10.6 Å². The molecule has 98 valence electrons. The number of anilines is 1. The molecule has 1 fully saturated rings. The van der Waals surface area contributed by atoms with Gasteiger partial charge in [0.1, 0.15) is 5.82 Å². The van der Waals surface area contributed by atoms with E-state index in [0.29, 0.717) is 12.8 Å². The molecule has 6 heteroatoms. The molecule has 0 saturated heterocycles. The summed E-state index contributed by atoms with van der Waals surface area (Å²) >= 11 is 5.81. The van der Waals surface area contributed by atoms with Gasteiger partial charge in [-0.3, -0.25) is 0 Å². The van der Waals surface area contributed by atoms with E-state index in [9.17, 15) is 14.3 Å². The van der Waals surface area contributed by atoms with E-state index in [1.165, 1.54) is 12.1 Å². The molecule has 2 rings (SSSR count). The summed E-state index contributed by atoms with van der Waals surface area (Å²) in [4.78, 5) is 11.5. The third kappa shape index (κ3) is 3.11. The Morgan fingerprint density at radius 2 is 2.22 bits per heavy atom. The van der Waals surface area contributed by atoms with Crippen molar-refractivity contribution < 1.29 is 14.3 Å². The standard InChI is InChI=1S/C12H14ClFN2O2/c13-9-3-2-8(14)6-10(9)16-11(17)15-7-12(18)4-1-5-12/h2-3,6,18H,1,4-5,7H2,(H2,15,16,17). The number of urea groups is 1. The van der Waals surface area contributed by atoms with Gasteiger partial charge in [0, 0.05) is 6.54 Å². The van der Waals surface area contributed by atoms with Crippen LogP contribution in [0.15, 0.2) is 18.2 Å². The van der Waals surface area contributed by atoms with E-state index in [1.54, 1.807) is 0 Å². The summed E-state index contributed by atoms with van der Waals surface area (Å²) in [5.41, 5.74) is -0.585. The number of rotatable bonds is 3. The van der Waals surface area contributed by atoms with E-state index in [1.807, 2.05) is 0 Å². The highest BCUT2D eigenvalue weighted by molar-refractivity contribution is 6.33. The molecule has 2 amide bonds. The van der Waals surface area contributed by atoms with Crippen molar-refractivity contribution in [1.82, 2.24) is 5.32 Å². The quantitative estimate of drug-likeness (QED) is 0.792. The second kappa shape index (κ2) is 5.12. The highest BCUT2D eigenvalue weighted by Crippen LogP contribution is 2.30. The van der Waals surface area contributed by atoms with Gasteiger partial charge >= 0.3 is 6.03 Å². The number of aliphatic hydroxyl groups is 1. The van der Waals surface area contributed by atoms with Crippen LogP contribution in [0.25, 0.3) is 0 Å². The van der Waals surface area contributed by atoms with Gasteiger partial charge in [-0.25, -0.2) is 9.18 Å². The lowest BCUT2D eigenvalue weighted by Gasteiger charge is -2.36. The molecule has 0 heterocycles. The van der Waals surface area contributed by atoms with Crippen LogP contribution in [0.5, 0.6) is 0 Å². The van der Waals surface area contributed by atoms with Crippen molar-refractivity contribution in [2.24, 2.45) is 0 Å². The van der Waals surface area contributed by atoms with Crippen LogP contribution >= 0.6 is 11.6 Å². The fourth-order valence-electron chi connectivity index (χ4n) is 1.77. The van der Waals surface area contributed by atoms with Crippen molar-refractivity contribution in [3.63, 3.8) is 0 Å². The molecule has 18 heavy (non-hydrogen) atoms. The highest BCUT2D eigenvalue weighted by atomic mass is 35.5. The van der Waals surface area contributed by atoms with Gasteiger partial charge in [-0.15, -0.1) is 0 Å². The first-order chi connectivity index (χ1) is 8.48. The molecule has 0 aromatic heterocycles. The van der Waals surface area contributed by atoms with Gasteiger partial charge in [0.15, 0.2) is 0 Å². The number of carbonyl (C=O) groups excluding carboxylic acids is 1. The summed E-state index contributed by atoms with van der Waals surface area (Å²) in [6.45, 7) is 0.186. The van der Waals surface area contributed by atoms with Crippen LogP contribution in [0.4, 0.5) is 14.9 Å². The van der Waals surface area contributed by atoms with Crippen LogP contribution in [-0.4, -0.2) is 23.3 Å². The molecule has 3 N–H and O–H groups in total. The number of halogens is 2. The summed E-state index contributed by atoms with van der Waals surface area (Å²) in [5.74, 6) is -0.479. The minimum Gasteiger partial charge on any atom is -0.388 e. The molecule has 1 aliphatic rings. The van der Waals surface area contributed by atoms with Crippen LogP contribution in [-0.2, 0) is 0 Å². The van der Waals surface area contributed by atoms with Crippen LogP contribution < -0.4 is 10.6 Å². The average molecular weight is 273 g/mol. The minimum absolute atomic E-state index is 0.186. The largest absolute Gasteiger partial charge is 0.388 e. The Morgan fingerprint density at radius 3 is 2.83 bits per heavy atom. The van der Waals surface area contributed by atoms with Gasteiger partial charge in [0.05, 0.1) is 16.3 Å². The monoisotopic (exact) mass is 272 g/mol. The number of hydrogen-bond donors (Lipinski definition) is 3. The zero-order valence-electron chi connectivity index (χ0n) is 9.67. The van der Waals surface area contributed by atoms with E-state index in [4.69, 9.17) is 11.6 Å². The molecule has 0 unspecified atom stereocenters. The Hall–Kier alpha value is -1.33. The van der Waals surface area contributed by atoms with E-state index >= 15 is 0 Å². The first kappa shape index (κ1) is 13.1. The second-order valence-corrected chi connectivity index (χ2v) is 4.92. The first-order valence-corrected chi connectivity index (χ1v) is 6.09. The van der Waals surface area contributed by atoms with Crippen molar-refractivity contribution >= 4 is 23.3 Å². The average Bonchev–Trinajstić information content (AvgIpc) is 2.29. The number of benzene rings is 1. The molecule has 0 radical (unpaired) electrons. The number of nitrogens with one attached hydrogen (secondary N) is 2. The van der Waals surface area contributed by atoms with Crippen molar-refractivity contribution in [2.75, 3.05) is 11.9 Å². The molecule has 1 saturated carbocycles. The van der Waals surface area contributed by atoms with Crippen molar-refractivity contribution in [2.45, 2.75) is 24.9 Å². The maximum Gasteiger partial charge on any atom is 0.319 e. The molecule has 1 aliphatic carbocycles. The Bertz CT molecular complexity index is 463. The van der Waals surface area contributed by atoms with Gasteiger partial charge < -0.3 is 15.7 Å². The summed E-state index contributed by atoms with van der Waals surface area (Å²) in [5, 5.41) is 15.0. The van der Waals surface area contributed by atoms with Crippen LogP contribution in [0.2, 0.25) is 5.02 Å². The summed E-state index contributed by atoms with van der Waals surface area (Å²) in [7, 11) is 0. The van der Waals surface area contributed by atoms with Gasteiger partial charge in [-0.2, -0.15) is 0 Å². The summed E-state index contributed by atoms with van der Waals surface area (Å²) in [6, 6.07) is 3.21. The fourth-order valence-corrected chi connectivity index (χ4v) is 1.93. The van der Waals surface area contributed by atoms with E-state index < -0.39 is 17.4 Å². The molecular formula is C12H14ClFN2O2. The van der Waals surface area contributed by atoms with Crippen LogP contribution in [0.3, 0.4) is 0 Å². The zero-order valence-corrected chi connectivity index (χ0v) is 10.4. The Labute approximate surface area is 109 Å². The molecule has 0 aliphatic heterocycles. The van der Waals surface area contributed by atoms with E-state index in [-0.39, 0.29) is 17.3 Å². The lowest BCUT2D eigenvalue weighted by Crippen LogP contribution is -2.48. The summed E-state index contributed by atoms with van der Waals surface area (Å²) < 4.78 is 13.0. The topological polar surface area (TPSA) is 61.4 Å². The summed E-state index contributed by atoms with van der Waals surface area (Å²) in [6.07, 6.45) is 2.34. The predicted octanol–water partition coefficient (Wildman–Crippen LogP) is 2.52. The van der Waals surface area contributed by atoms with E-state index in [0.717, 1.165) is 12.5 Å². The predicted molar refractivity (Wildman–Crippen MR) is 67.2 cm³/mol. The molecule has 0 spiro atoms. The second-order valence-electron chi connectivity index (χ2n) is 4.51. The number of carbonyl (C=O) groups is 1. The SMILES string of the molecule is O=C(NCC1(O)CCC1)Nc1cc(F)ccc1Cl. The first-order valence-electron chi connectivity index (χ1n) is 5.71. The number of amides is 2. The van der Waals surface area contributed by atoms with Crippen molar-refractivity contribution in [3.05, 3.63) is 29.0 Å². The Kier molecular flexibility index (Phi) is 3.73. The maximum absolute atomic E-state index is 13.0. The van der Waals surface area contributed by atoms with Gasteiger partial charge in [0.2, 0.25) is 0 Å². The minimum atomic E-state index is -0.789. The van der Waals surface area contributed by atoms with Gasteiger partial charge in [0.25, 0.3) is 0 Å². The Morgan fingerprint density at radius 1 is 1.50 bits per heavy atom. The van der Waals surface area contributed by atoms with Gasteiger partial charge in [-0.1, -0.05) is 11.6 Å². The van der Waals surface area contributed by atoms with Crippen LogP contribution in [0, 0.1) is 5.82 Å². The lowest BCUT2D eigenvalue weighted by atomic mass is 9.80. The lowest BCUT2D eigenvalue weighted by molar-refractivity contribution is -0.0287. The number of hydrogen-bond acceptors (Lipinski definition) is 2. The smallest absolute Gasteiger partial charge is 0.319 e. The molecule has 1 aromatic rings. The van der Waals surface area contributed by atoms with Gasteiger partial charge in [-0.05, 0) is 37.5 Å². The third-order valence-electron chi connectivity index (χ3n) is 3.04. The third-order valence-corrected chi connectivity index (χ3v) is 3.37. The fraction of sp³-hybridized carbons (Fsp3) is 0.417. The van der Waals surface area contributed by atoms with Crippen molar-refractivity contribution in [1.29, 1.82) is 0 Å². The molecule has 4 nitrogen and oxygen atoms in total. The molecule has 0 atom stereocenters. The molecular weight excluding hydrogens is 259 g/mol. The Balaban J connectivity index is 1.88. The zero-order chi connectivity index (χ0) is 13.2. The normalized spacial score (nSPS) is 16.8. The maximum atomic E-state index is 13.0. The molecule has 0 bridgehead atoms. The van der Waals surface area contributed by atoms with Crippen molar-refractivity contribution in [3.8, 4) is 0 Å².